The predicted octanol–water partition coefficient (Wildman–Crippen LogP) is 12.4. The smallest absolute Gasteiger partial charge is 0.339 e. The number of phenolic OH excluding ortho intramolecular Hbond substituents is 1. The fourth-order valence-corrected chi connectivity index (χ4v) is 7.17. The lowest BCUT2D eigenvalue weighted by molar-refractivity contribution is 0.0681. The topological polar surface area (TPSA) is 267 Å². The molecule has 65 heavy (non-hydrogen) atoms. The first-order valence-electron chi connectivity index (χ1n) is 18.6. The van der Waals surface area contributed by atoms with E-state index in [-0.39, 0.29) is 44.5 Å². The van der Waals surface area contributed by atoms with Crippen LogP contribution in [0.5, 0.6) is 23.0 Å². The molecule has 19 heteroatoms. The van der Waals surface area contributed by atoms with Crippen LogP contribution in [0.15, 0.2) is 30.3 Å². The molecule has 0 aromatic heterocycles. The molecular weight excluding hydrogens is 954 g/mol. The van der Waals surface area contributed by atoms with Crippen molar-refractivity contribution in [3.05, 3.63) is 144 Å². The van der Waals surface area contributed by atoms with Gasteiger partial charge in [0.15, 0.2) is 0 Å². The molecule has 9 N–H and O–H groups in total. The molecule has 5 aromatic rings. The second-order valence-electron chi connectivity index (χ2n) is 14.5. The first kappa shape index (κ1) is 57.1. The Balaban J connectivity index is 0.000000406. The lowest BCUT2D eigenvalue weighted by Crippen LogP contribution is -2.04. The fraction of sp³-hybridized carbons (Fsp3) is 0.239. The molecule has 0 aliphatic heterocycles. The molecule has 5 aromatic carbocycles. The molecule has 0 aliphatic rings. The van der Waals surface area contributed by atoms with E-state index in [1.807, 2.05) is 13.8 Å². The van der Waals surface area contributed by atoms with Crippen LogP contribution in [-0.4, -0.2) is 75.8 Å². The number of halogens is 5. The molecule has 0 heterocycles. The van der Waals surface area contributed by atoms with Crippen molar-refractivity contribution in [3.8, 4) is 23.0 Å². The van der Waals surface area contributed by atoms with Gasteiger partial charge in [0.2, 0.25) is 0 Å². The number of rotatable bonds is 5. The summed E-state index contributed by atoms with van der Waals surface area (Å²) in [5.41, 5.74) is 6.99. The fourth-order valence-electron chi connectivity index (χ4n) is 6.43. The Morgan fingerprint density at radius 2 is 0.492 bits per heavy atom. The molecule has 0 spiro atoms. The lowest BCUT2D eigenvalue weighted by Gasteiger charge is -2.09. The highest BCUT2D eigenvalue weighted by Crippen LogP contribution is 2.36. The zero-order valence-corrected chi connectivity index (χ0v) is 40.6. The highest BCUT2D eigenvalue weighted by molar-refractivity contribution is 6.34. The van der Waals surface area contributed by atoms with E-state index in [0.29, 0.717) is 64.6 Å². The third kappa shape index (κ3) is 14.0. The Bertz CT molecular complexity index is 2280. The SMILES string of the molecule is Cc1c(Cl)c(O)cc(O)c1C(=O)O.Cc1cc(C)c(C(=O)O)c(C)c1Cl.Cc1cc(C)c(C(=O)O)c(C)c1Cl.Cc1cc(O)c(C(=O)O)c(C)c1Cl.Cc1cc(O)c(C(=O)O)c(C)c1Cl. The van der Waals surface area contributed by atoms with E-state index < -0.39 is 35.6 Å². The lowest BCUT2D eigenvalue weighted by atomic mass is 10.00. The average Bonchev–Trinajstić information content (AvgIpc) is 3.17. The van der Waals surface area contributed by atoms with Crippen LogP contribution in [0, 0.1) is 76.2 Å². The molecular formula is C46H47Cl5O14. The maximum Gasteiger partial charge on any atom is 0.339 e. The minimum absolute atomic E-state index is 0.0600. The molecule has 0 atom stereocenters. The normalized spacial score (nSPS) is 10.1. The molecule has 5 rings (SSSR count). The highest BCUT2D eigenvalue weighted by Gasteiger charge is 2.20. The summed E-state index contributed by atoms with van der Waals surface area (Å²) >= 11 is 29.1. The van der Waals surface area contributed by atoms with Crippen molar-refractivity contribution < 1.29 is 69.9 Å². The summed E-state index contributed by atoms with van der Waals surface area (Å²) in [5.74, 6) is -6.77. The van der Waals surface area contributed by atoms with Crippen LogP contribution in [0.2, 0.25) is 25.1 Å². The van der Waals surface area contributed by atoms with Crippen LogP contribution < -0.4 is 0 Å². The molecule has 0 aliphatic carbocycles. The number of phenols is 4. The van der Waals surface area contributed by atoms with Crippen molar-refractivity contribution in [2.24, 2.45) is 0 Å². The van der Waals surface area contributed by atoms with Crippen LogP contribution >= 0.6 is 58.0 Å². The Morgan fingerprint density at radius 3 is 0.738 bits per heavy atom. The van der Waals surface area contributed by atoms with Gasteiger partial charge in [-0.1, -0.05) is 70.1 Å². The molecule has 0 unspecified atom stereocenters. The summed E-state index contributed by atoms with van der Waals surface area (Å²) in [5, 5.41) is 82.7. The minimum atomic E-state index is -1.28. The Hall–Kier alpha value is -5.90. The molecule has 0 radical (unpaired) electrons. The second kappa shape index (κ2) is 23.9. The van der Waals surface area contributed by atoms with E-state index >= 15 is 0 Å². The number of aryl methyl sites for hydroxylation is 6. The number of carboxylic acid groups (broad SMARTS) is 5. The van der Waals surface area contributed by atoms with E-state index in [1.165, 1.54) is 19.1 Å². The van der Waals surface area contributed by atoms with Gasteiger partial charge in [-0.05, 0) is 149 Å². The minimum Gasteiger partial charge on any atom is -0.507 e. The molecule has 0 amide bonds. The number of hydrogen-bond acceptors (Lipinski definition) is 9. The zero-order chi connectivity index (χ0) is 50.9. The van der Waals surface area contributed by atoms with Gasteiger partial charge in [0, 0.05) is 26.2 Å². The molecule has 350 valence electrons. The van der Waals surface area contributed by atoms with Crippen molar-refractivity contribution in [1.82, 2.24) is 0 Å². The van der Waals surface area contributed by atoms with Crippen LogP contribution in [0.25, 0.3) is 0 Å². The number of aromatic hydroxyl groups is 4. The Morgan fingerprint density at radius 1 is 0.292 bits per heavy atom. The third-order valence-electron chi connectivity index (χ3n) is 9.60. The van der Waals surface area contributed by atoms with E-state index in [1.54, 1.807) is 67.5 Å². The number of hydrogen-bond donors (Lipinski definition) is 9. The van der Waals surface area contributed by atoms with E-state index in [2.05, 4.69) is 0 Å². The van der Waals surface area contributed by atoms with Crippen molar-refractivity contribution in [2.75, 3.05) is 0 Å². The van der Waals surface area contributed by atoms with Gasteiger partial charge >= 0.3 is 29.8 Å². The van der Waals surface area contributed by atoms with Gasteiger partial charge in [0.1, 0.15) is 39.7 Å². The van der Waals surface area contributed by atoms with Crippen LogP contribution in [0.3, 0.4) is 0 Å². The Labute approximate surface area is 399 Å². The maximum absolute atomic E-state index is 10.8. The zero-order valence-electron chi connectivity index (χ0n) is 36.8. The van der Waals surface area contributed by atoms with Crippen molar-refractivity contribution in [2.45, 2.75) is 76.2 Å². The summed E-state index contributed by atoms with van der Waals surface area (Å²) in [6.07, 6.45) is 0. The third-order valence-corrected chi connectivity index (χ3v) is 12.4. The number of benzene rings is 5. The summed E-state index contributed by atoms with van der Waals surface area (Å²) in [6.45, 7) is 18.7. The van der Waals surface area contributed by atoms with Crippen molar-refractivity contribution in [1.29, 1.82) is 0 Å². The summed E-state index contributed by atoms with van der Waals surface area (Å²) in [4.78, 5) is 53.7. The van der Waals surface area contributed by atoms with E-state index in [0.717, 1.165) is 28.3 Å². The molecule has 0 fully saturated rings. The monoisotopic (exact) mass is 998 g/mol. The maximum atomic E-state index is 10.8. The number of carboxylic acids is 5. The second-order valence-corrected chi connectivity index (χ2v) is 16.3. The van der Waals surface area contributed by atoms with E-state index in [4.69, 9.17) is 93.8 Å². The quantitative estimate of drug-likeness (QED) is 0.0793. The average molecular weight is 1000 g/mol. The van der Waals surface area contributed by atoms with Crippen LogP contribution in [0.1, 0.15) is 113 Å². The van der Waals surface area contributed by atoms with Gasteiger partial charge in [-0.3, -0.25) is 0 Å². The van der Waals surface area contributed by atoms with Crippen molar-refractivity contribution >= 4 is 87.9 Å². The molecule has 0 saturated carbocycles. The van der Waals surface area contributed by atoms with Crippen LogP contribution in [-0.2, 0) is 0 Å². The predicted molar refractivity (Wildman–Crippen MR) is 251 cm³/mol. The largest absolute Gasteiger partial charge is 0.507 e. The first-order chi connectivity index (χ1) is 29.7. The van der Waals surface area contributed by atoms with Crippen LogP contribution in [0.4, 0.5) is 0 Å². The molecule has 0 bridgehead atoms. The van der Waals surface area contributed by atoms with Gasteiger partial charge in [0.05, 0.1) is 16.1 Å². The van der Waals surface area contributed by atoms with Gasteiger partial charge in [-0.25, -0.2) is 24.0 Å². The number of aromatic carboxylic acids is 5. The standard InChI is InChI=1S/2C10H11ClO2.2C9H9ClO3.C8H7ClO4/c2*1-5-4-6(2)9(11)7(3)8(5)10(12)13;2*1-4-3-6(11)7(9(12)13)5(2)8(4)10;1-3-6(8(12)13)4(10)2-5(11)7(3)9/h2*4H,1-3H3,(H,12,13);2*3,11H,1-2H3,(H,12,13);2,10-11H,1H3,(H,12,13). The number of carbonyl (C=O) groups is 5. The Kier molecular flexibility index (Phi) is 21.0. The van der Waals surface area contributed by atoms with E-state index in [9.17, 15) is 34.2 Å². The van der Waals surface area contributed by atoms with Gasteiger partial charge in [-0.2, -0.15) is 0 Å². The van der Waals surface area contributed by atoms with Gasteiger partial charge in [-0.15, -0.1) is 0 Å². The van der Waals surface area contributed by atoms with Crippen molar-refractivity contribution in [3.63, 3.8) is 0 Å². The summed E-state index contributed by atoms with van der Waals surface area (Å²) in [6, 6.07) is 7.17. The van der Waals surface area contributed by atoms with Gasteiger partial charge < -0.3 is 46.0 Å². The molecule has 14 nitrogen and oxygen atoms in total. The summed E-state index contributed by atoms with van der Waals surface area (Å²) < 4.78 is 0. The van der Waals surface area contributed by atoms with Gasteiger partial charge in [0.25, 0.3) is 0 Å². The highest BCUT2D eigenvalue weighted by atomic mass is 35.5. The summed E-state index contributed by atoms with van der Waals surface area (Å²) in [7, 11) is 0. The molecule has 0 saturated heterocycles. The first-order valence-corrected chi connectivity index (χ1v) is 20.5.